The Bertz CT molecular complexity index is 311. The molecule has 0 saturated carbocycles. The first kappa shape index (κ1) is 8.52. The van der Waals surface area contributed by atoms with E-state index in [1.807, 2.05) is 0 Å². The van der Waals surface area contributed by atoms with E-state index in [9.17, 15) is 10.0 Å². The summed E-state index contributed by atoms with van der Waals surface area (Å²) in [6, 6.07) is 2.95. The normalized spacial score (nSPS) is 9.83. The minimum absolute atomic E-state index is 0.372. The van der Waals surface area contributed by atoms with Crippen molar-refractivity contribution in [2.75, 3.05) is 0 Å². The zero-order valence-corrected chi connectivity index (χ0v) is 7.00. The van der Waals surface area contributed by atoms with Crippen LogP contribution in [-0.4, -0.2) is 5.91 Å². The molecule has 0 unspecified atom stereocenters. The van der Waals surface area contributed by atoms with Gasteiger partial charge in [0, 0.05) is 26.0 Å². The Morgan fingerprint density at radius 1 is 1.42 bits per heavy atom. The van der Waals surface area contributed by atoms with E-state index in [-0.39, 0.29) is 0 Å². The standard InChI is InChI=1S/C8H10N2O2/c1-5-3-7(8(9)11)4-6(2)10(5)12/h3-4H,1-2H3,(H2,9,11). The molecule has 64 valence electrons. The van der Waals surface area contributed by atoms with Crippen LogP contribution in [0.3, 0.4) is 0 Å². The summed E-state index contributed by atoms with van der Waals surface area (Å²) in [6.07, 6.45) is 0. The fourth-order valence-electron chi connectivity index (χ4n) is 1.03. The molecular formula is C8H10N2O2. The molecule has 1 rings (SSSR count). The van der Waals surface area contributed by atoms with Crippen molar-refractivity contribution < 1.29 is 9.52 Å². The average molecular weight is 166 g/mol. The van der Waals surface area contributed by atoms with Crippen LogP contribution in [0, 0.1) is 19.1 Å². The van der Waals surface area contributed by atoms with Crippen LogP contribution in [0.2, 0.25) is 0 Å². The third-order valence-electron chi connectivity index (χ3n) is 1.65. The predicted octanol–water partition coefficient (Wildman–Crippen LogP) is 0.0357. The Morgan fingerprint density at radius 3 is 2.17 bits per heavy atom. The molecule has 2 N–H and O–H groups in total. The van der Waals surface area contributed by atoms with Gasteiger partial charge in [-0.25, -0.2) is 0 Å². The Kier molecular flexibility index (Phi) is 1.99. The summed E-state index contributed by atoms with van der Waals surface area (Å²) in [5.41, 5.74) is 6.38. The number of nitrogens with two attached hydrogens (primary N) is 1. The molecule has 0 radical (unpaired) electrons. The van der Waals surface area contributed by atoms with Crippen LogP contribution in [-0.2, 0) is 0 Å². The highest BCUT2D eigenvalue weighted by atomic mass is 16.5. The summed E-state index contributed by atoms with van der Waals surface area (Å²) in [7, 11) is 0. The average Bonchev–Trinajstić information content (AvgIpc) is 1.99. The summed E-state index contributed by atoms with van der Waals surface area (Å²) in [5, 5.41) is 11.1. The van der Waals surface area contributed by atoms with Gasteiger partial charge in [0.1, 0.15) is 0 Å². The highest BCUT2D eigenvalue weighted by Crippen LogP contribution is 2.01. The lowest BCUT2D eigenvalue weighted by Gasteiger charge is -2.04. The Morgan fingerprint density at radius 2 is 1.83 bits per heavy atom. The molecule has 0 aromatic carbocycles. The maximum atomic E-state index is 11.1. The van der Waals surface area contributed by atoms with Crippen molar-refractivity contribution in [1.82, 2.24) is 0 Å². The van der Waals surface area contributed by atoms with Crippen LogP contribution in [0.4, 0.5) is 0 Å². The van der Waals surface area contributed by atoms with E-state index in [2.05, 4.69) is 0 Å². The molecule has 4 nitrogen and oxygen atoms in total. The highest BCUT2D eigenvalue weighted by Gasteiger charge is 2.09. The van der Waals surface area contributed by atoms with Crippen LogP contribution in [0.15, 0.2) is 12.1 Å². The molecule has 0 aliphatic rings. The fourth-order valence-corrected chi connectivity index (χ4v) is 1.03. The molecule has 0 atom stereocenters. The monoisotopic (exact) mass is 166 g/mol. The molecule has 1 amide bonds. The van der Waals surface area contributed by atoms with E-state index < -0.39 is 5.91 Å². The molecule has 0 aliphatic carbocycles. The maximum Gasteiger partial charge on any atom is 0.249 e. The van der Waals surface area contributed by atoms with Crippen molar-refractivity contribution in [2.24, 2.45) is 5.73 Å². The summed E-state index contributed by atoms with van der Waals surface area (Å²) >= 11 is 0. The van der Waals surface area contributed by atoms with Crippen molar-refractivity contribution in [1.29, 1.82) is 0 Å². The molecule has 1 aromatic heterocycles. The van der Waals surface area contributed by atoms with Gasteiger partial charge in [0.15, 0.2) is 11.4 Å². The number of rotatable bonds is 1. The SMILES string of the molecule is Cc1cc(C(N)=O)cc(C)[n+]1[O-]. The van der Waals surface area contributed by atoms with Gasteiger partial charge in [-0.3, -0.25) is 4.79 Å². The molecule has 1 aromatic rings. The van der Waals surface area contributed by atoms with Gasteiger partial charge in [-0.1, -0.05) is 0 Å². The molecule has 0 aliphatic heterocycles. The molecule has 0 bridgehead atoms. The van der Waals surface area contributed by atoms with Crippen LogP contribution < -0.4 is 10.5 Å². The molecule has 4 heteroatoms. The summed E-state index contributed by atoms with van der Waals surface area (Å²) in [6.45, 7) is 3.26. The largest absolute Gasteiger partial charge is 0.618 e. The first-order chi connectivity index (χ1) is 5.52. The van der Waals surface area contributed by atoms with Gasteiger partial charge in [-0.05, 0) is 0 Å². The van der Waals surface area contributed by atoms with Gasteiger partial charge in [-0.15, -0.1) is 0 Å². The van der Waals surface area contributed by atoms with Gasteiger partial charge in [0.25, 0.3) is 0 Å². The quantitative estimate of drug-likeness (QED) is 0.472. The van der Waals surface area contributed by atoms with Crippen molar-refractivity contribution in [3.05, 3.63) is 34.3 Å². The van der Waals surface area contributed by atoms with E-state index in [4.69, 9.17) is 5.73 Å². The van der Waals surface area contributed by atoms with Crippen molar-refractivity contribution in [3.63, 3.8) is 0 Å². The van der Waals surface area contributed by atoms with E-state index in [1.165, 1.54) is 12.1 Å². The third kappa shape index (κ3) is 1.37. The van der Waals surface area contributed by atoms with Crippen molar-refractivity contribution in [2.45, 2.75) is 13.8 Å². The predicted molar refractivity (Wildman–Crippen MR) is 43.4 cm³/mol. The highest BCUT2D eigenvalue weighted by molar-refractivity contribution is 5.92. The topological polar surface area (TPSA) is 70.0 Å². The molecule has 1 heterocycles. The minimum atomic E-state index is -0.512. The Hall–Kier alpha value is -1.58. The lowest BCUT2D eigenvalue weighted by atomic mass is 10.2. The van der Waals surface area contributed by atoms with E-state index in [0.717, 1.165) is 4.73 Å². The smallest absolute Gasteiger partial charge is 0.249 e. The third-order valence-corrected chi connectivity index (χ3v) is 1.65. The lowest BCUT2D eigenvalue weighted by Crippen LogP contribution is -2.34. The molecule has 0 saturated heterocycles. The number of hydrogen-bond acceptors (Lipinski definition) is 2. The second-order valence-corrected chi connectivity index (χ2v) is 2.69. The van der Waals surface area contributed by atoms with E-state index in [0.29, 0.717) is 17.0 Å². The van der Waals surface area contributed by atoms with Crippen molar-refractivity contribution >= 4 is 5.91 Å². The number of aromatic nitrogens is 1. The number of pyridine rings is 1. The summed E-state index contributed by atoms with van der Waals surface area (Å²) in [5.74, 6) is -0.512. The number of aryl methyl sites for hydroxylation is 2. The minimum Gasteiger partial charge on any atom is -0.618 e. The number of primary amides is 1. The maximum absolute atomic E-state index is 11.1. The number of hydrogen-bond donors (Lipinski definition) is 1. The zero-order valence-electron chi connectivity index (χ0n) is 7.00. The van der Waals surface area contributed by atoms with E-state index in [1.54, 1.807) is 13.8 Å². The lowest BCUT2D eigenvalue weighted by molar-refractivity contribution is -0.619. The second kappa shape index (κ2) is 2.81. The van der Waals surface area contributed by atoms with Gasteiger partial charge in [0.2, 0.25) is 5.91 Å². The number of nitrogens with zero attached hydrogens (tertiary/aromatic N) is 1. The first-order valence-corrected chi connectivity index (χ1v) is 3.53. The molecule has 12 heavy (non-hydrogen) atoms. The van der Waals surface area contributed by atoms with Crippen LogP contribution in [0.25, 0.3) is 0 Å². The van der Waals surface area contributed by atoms with Crippen molar-refractivity contribution in [3.8, 4) is 0 Å². The van der Waals surface area contributed by atoms with Crippen LogP contribution >= 0.6 is 0 Å². The zero-order chi connectivity index (χ0) is 9.30. The summed E-state index contributed by atoms with van der Waals surface area (Å²) in [4.78, 5) is 10.7. The van der Waals surface area contributed by atoms with Gasteiger partial charge < -0.3 is 10.9 Å². The van der Waals surface area contributed by atoms with Crippen LogP contribution in [0.1, 0.15) is 21.7 Å². The molecule has 0 fully saturated rings. The Labute approximate surface area is 70.2 Å². The number of amides is 1. The summed E-state index contributed by atoms with van der Waals surface area (Å²) < 4.78 is 0.756. The van der Waals surface area contributed by atoms with Gasteiger partial charge in [-0.2, -0.15) is 4.73 Å². The fraction of sp³-hybridized carbons (Fsp3) is 0.250. The molecule has 0 spiro atoms. The number of carbonyl (C=O) groups is 1. The first-order valence-electron chi connectivity index (χ1n) is 3.53. The number of carbonyl (C=O) groups excluding carboxylic acids is 1. The van der Waals surface area contributed by atoms with Crippen LogP contribution in [0.5, 0.6) is 0 Å². The second-order valence-electron chi connectivity index (χ2n) is 2.69. The van der Waals surface area contributed by atoms with Gasteiger partial charge in [0.05, 0.1) is 5.56 Å². The van der Waals surface area contributed by atoms with Gasteiger partial charge >= 0.3 is 0 Å². The Balaban J connectivity index is 3.31. The van der Waals surface area contributed by atoms with E-state index >= 15 is 0 Å². The molecular weight excluding hydrogens is 156 g/mol.